The molecule has 0 aliphatic carbocycles. The highest BCUT2D eigenvalue weighted by Crippen LogP contribution is 2.21. The van der Waals surface area contributed by atoms with Gasteiger partial charge in [0.2, 0.25) is 0 Å². The number of ether oxygens (including phenoxy) is 1. The van der Waals surface area contributed by atoms with Crippen molar-refractivity contribution in [3.05, 3.63) is 65.6 Å². The molecule has 1 unspecified atom stereocenters. The number of fused-ring (bicyclic) bond motifs is 1. The van der Waals surface area contributed by atoms with Gasteiger partial charge in [0.15, 0.2) is 5.69 Å². The van der Waals surface area contributed by atoms with E-state index < -0.39 is 0 Å². The number of carbonyl (C=O) groups excluding carboxylic acids is 1. The third kappa shape index (κ3) is 3.46. The molecule has 1 aliphatic heterocycles. The van der Waals surface area contributed by atoms with Gasteiger partial charge >= 0.3 is 0 Å². The maximum atomic E-state index is 13.6. The molecule has 5 nitrogen and oxygen atoms in total. The zero-order valence-corrected chi connectivity index (χ0v) is 14.3. The Morgan fingerprint density at radius 2 is 2.15 bits per heavy atom. The summed E-state index contributed by atoms with van der Waals surface area (Å²) in [7, 11) is 0. The van der Waals surface area contributed by atoms with E-state index in [0.29, 0.717) is 18.8 Å². The summed E-state index contributed by atoms with van der Waals surface area (Å²) in [5, 5.41) is 7.91. The van der Waals surface area contributed by atoms with E-state index in [1.165, 1.54) is 12.1 Å². The Hall–Kier alpha value is -2.73. The number of nitrogens with zero attached hydrogens (tertiary/aromatic N) is 2. The Morgan fingerprint density at radius 1 is 1.27 bits per heavy atom. The van der Waals surface area contributed by atoms with Crippen LogP contribution >= 0.6 is 0 Å². The number of nitrogens with one attached hydrogen (secondary N) is 1. The summed E-state index contributed by atoms with van der Waals surface area (Å²) in [5.41, 5.74) is 1.95. The van der Waals surface area contributed by atoms with Gasteiger partial charge in [-0.15, -0.1) is 0 Å². The minimum absolute atomic E-state index is 0.0118. The van der Waals surface area contributed by atoms with E-state index in [-0.39, 0.29) is 17.8 Å². The van der Waals surface area contributed by atoms with Crippen molar-refractivity contribution in [1.29, 1.82) is 0 Å². The van der Waals surface area contributed by atoms with Gasteiger partial charge in [0.1, 0.15) is 5.82 Å². The van der Waals surface area contributed by atoms with Crippen molar-refractivity contribution in [3.63, 3.8) is 0 Å². The largest absolute Gasteiger partial charge is 0.376 e. The number of para-hydroxylation sites is 1. The fraction of sp³-hybridized carbons (Fsp3) is 0.300. The molecule has 0 saturated carbocycles. The molecule has 4 rings (SSSR count). The van der Waals surface area contributed by atoms with Crippen LogP contribution in [0.2, 0.25) is 0 Å². The van der Waals surface area contributed by atoms with Crippen LogP contribution in [0.15, 0.2) is 48.5 Å². The number of H-pyrrole nitrogens is 1. The van der Waals surface area contributed by atoms with Crippen LogP contribution in [0.25, 0.3) is 10.9 Å². The lowest BCUT2D eigenvalue weighted by molar-refractivity contribution is 0.0504. The second-order valence-corrected chi connectivity index (χ2v) is 6.57. The predicted molar refractivity (Wildman–Crippen MR) is 96.2 cm³/mol. The lowest BCUT2D eigenvalue weighted by Gasteiger charge is -2.25. The lowest BCUT2D eigenvalue weighted by atomic mass is 10.1. The lowest BCUT2D eigenvalue weighted by Crippen LogP contribution is -2.37. The first-order valence-corrected chi connectivity index (χ1v) is 8.79. The Morgan fingerprint density at radius 3 is 2.96 bits per heavy atom. The van der Waals surface area contributed by atoms with Crippen LogP contribution in [0.1, 0.15) is 28.9 Å². The van der Waals surface area contributed by atoms with Gasteiger partial charge in [0.05, 0.1) is 11.6 Å². The van der Waals surface area contributed by atoms with Crippen molar-refractivity contribution in [1.82, 2.24) is 15.1 Å². The predicted octanol–water partition coefficient (Wildman–Crippen LogP) is 3.52. The average Bonchev–Trinajstić information content (AvgIpc) is 3.30. The normalized spacial score (nSPS) is 16.9. The number of carbonyl (C=O) groups is 1. The van der Waals surface area contributed by atoms with Crippen LogP contribution in [-0.2, 0) is 11.3 Å². The zero-order valence-electron chi connectivity index (χ0n) is 14.3. The molecule has 2 aromatic carbocycles. The van der Waals surface area contributed by atoms with Gasteiger partial charge in [-0.2, -0.15) is 5.10 Å². The van der Waals surface area contributed by atoms with Gasteiger partial charge in [-0.3, -0.25) is 9.89 Å². The van der Waals surface area contributed by atoms with Crippen LogP contribution in [0.5, 0.6) is 0 Å². The number of aromatic amines is 1. The first-order valence-electron chi connectivity index (χ1n) is 8.79. The number of benzene rings is 2. The Bertz CT molecular complexity index is 918. The maximum absolute atomic E-state index is 13.6. The molecule has 134 valence electrons. The summed E-state index contributed by atoms with van der Waals surface area (Å²) in [6.45, 7) is 1.51. The Kier molecular flexibility index (Phi) is 4.67. The van der Waals surface area contributed by atoms with E-state index in [2.05, 4.69) is 10.2 Å². The quantitative estimate of drug-likeness (QED) is 0.763. The summed E-state index contributed by atoms with van der Waals surface area (Å²) in [6.07, 6.45) is 1.93. The molecule has 1 atom stereocenters. The number of hydrogen-bond acceptors (Lipinski definition) is 3. The van der Waals surface area contributed by atoms with Gasteiger partial charge in [0, 0.05) is 25.1 Å². The first kappa shape index (κ1) is 16.7. The van der Waals surface area contributed by atoms with Crippen LogP contribution in [0, 0.1) is 5.82 Å². The molecule has 0 spiro atoms. The summed E-state index contributed by atoms with van der Waals surface area (Å²) in [5.74, 6) is -0.487. The zero-order chi connectivity index (χ0) is 17.9. The molecule has 3 aromatic rings. The fourth-order valence-electron chi connectivity index (χ4n) is 3.39. The van der Waals surface area contributed by atoms with Gasteiger partial charge < -0.3 is 9.64 Å². The van der Waals surface area contributed by atoms with Gasteiger partial charge in [0.25, 0.3) is 5.91 Å². The molecular weight excluding hydrogens is 333 g/mol. The van der Waals surface area contributed by atoms with Crippen molar-refractivity contribution in [2.45, 2.75) is 25.5 Å². The molecule has 6 heteroatoms. The Labute approximate surface area is 150 Å². The van der Waals surface area contributed by atoms with E-state index in [1.807, 2.05) is 30.3 Å². The van der Waals surface area contributed by atoms with E-state index >= 15 is 0 Å². The number of rotatable bonds is 5. The molecule has 1 aliphatic rings. The average molecular weight is 353 g/mol. The van der Waals surface area contributed by atoms with Gasteiger partial charge in [-0.25, -0.2) is 4.39 Å². The second-order valence-electron chi connectivity index (χ2n) is 6.57. The number of halogens is 1. The fourth-order valence-corrected chi connectivity index (χ4v) is 3.39. The number of amides is 1. The number of hydrogen-bond donors (Lipinski definition) is 1. The maximum Gasteiger partial charge on any atom is 0.275 e. The molecule has 26 heavy (non-hydrogen) atoms. The van der Waals surface area contributed by atoms with Gasteiger partial charge in [-0.05, 0) is 36.6 Å². The summed E-state index contributed by atoms with van der Waals surface area (Å²) in [6, 6.07) is 13.9. The van der Waals surface area contributed by atoms with Crippen LogP contribution in [0.4, 0.5) is 4.39 Å². The molecule has 2 heterocycles. The third-order valence-electron chi connectivity index (χ3n) is 4.67. The minimum atomic E-state index is -0.308. The minimum Gasteiger partial charge on any atom is -0.376 e. The first-order chi connectivity index (χ1) is 12.7. The van der Waals surface area contributed by atoms with Crippen molar-refractivity contribution >= 4 is 16.8 Å². The van der Waals surface area contributed by atoms with Crippen LogP contribution in [-0.4, -0.2) is 40.3 Å². The van der Waals surface area contributed by atoms with E-state index in [1.54, 1.807) is 11.0 Å². The topological polar surface area (TPSA) is 58.2 Å². The van der Waals surface area contributed by atoms with Crippen molar-refractivity contribution in [3.8, 4) is 0 Å². The SMILES string of the molecule is O=C(c1n[nH]c2ccccc12)N(Cc1cccc(F)c1)CC1CCCO1. The van der Waals surface area contributed by atoms with Gasteiger partial charge in [-0.1, -0.05) is 30.3 Å². The highest BCUT2D eigenvalue weighted by Gasteiger charge is 2.26. The van der Waals surface area contributed by atoms with E-state index in [0.717, 1.165) is 35.9 Å². The molecule has 1 saturated heterocycles. The Balaban J connectivity index is 1.63. The van der Waals surface area contributed by atoms with Crippen molar-refractivity contribution in [2.24, 2.45) is 0 Å². The number of aromatic nitrogens is 2. The van der Waals surface area contributed by atoms with Crippen LogP contribution < -0.4 is 0 Å². The van der Waals surface area contributed by atoms with Crippen LogP contribution in [0.3, 0.4) is 0 Å². The van der Waals surface area contributed by atoms with E-state index in [4.69, 9.17) is 4.74 Å². The van der Waals surface area contributed by atoms with Crippen molar-refractivity contribution in [2.75, 3.05) is 13.2 Å². The highest BCUT2D eigenvalue weighted by atomic mass is 19.1. The molecule has 1 N–H and O–H groups in total. The summed E-state index contributed by atoms with van der Waals surface area (Å²) < 4.78 is 19.3. The standard InChI is InChI=1S/C20H20FN3O2/c21-15-6-3-5-14(11-15)12-24(13-16-7-4-10-26-16)20(25)19-17-8-1-2-9-18(17)22-23-19/h1-3,5-6,8-9,11,16H,4,7,10,12-13H2,(H,22,23). The molecule has 1 aromatic heterocycles. The second kappa shape index (κ2) is 7.25. The van der Waals surface area contributed by atoms with E-state index in [9.17, 15) is 9.18 Å². The molecular formula is C20H20FN3O2. The molecule has 1 fully saturated rings. The summed E-state index contributed by atoms with van der Waals surface area (Å²) >= 11 is 0. The van der Waals surface area contributed by atoms with Crippen molar-refractivity contribution < 1.29 is 13.9 Å². The molecule has 1 amide bonds. The highest BCUT2D eigenvalue weighted by molar-refractivity contribution is 6.04. The monoisotopic (exact) mass is 353 g/mol. The molecule has 0 radical (unpaired) electrons. The smallest absolute Gasteiger partial charge is 0.275 e. The third-order valence-corrected chi connectivity index (χ3v) is 4.67. The summed E-state index contributed by atoms with van der Waals surface area (Å²) in [4.78, 5) is 14.9. The molecule has 0 bridgehead atoms.